The van der Waals surface area contributed by atoms with Crippen molar-refractivity contribution in [3.8, 4) is 17.0 Å². The fourth-order valence-corrected chi connectivity index (χ4v) is 2.51. The molecule has 0 aliphatic rings. The van der Waals surface area contributed by atoms with E-state index in [-0.39, 0.29) is 0 Å². The third-order valence-corrected chi connectivity index (χ3v) is 3.45. The zero-order valence-corrected chi connectivity index (χ0v) is 9.64. The second-order valence-electron chi connectivity index (χ2n) is 3.92. The quantitative estimate of drug-likeness (QED) is 0.652. The number of aryl methyl sites for hydroxylation is 1. The summed E-state index contributed by atoms with van der Waals surface area (Å²) in [6.07, 6.45) is 0. The summed E-state index contributed by atoms with van der Waals surface area (Å²) in [5.74, 6) is 0.339. The molecule has 2 aromatic heterocycles. The number of fused-ring (bicyclic) bond motifs is 1. The van der Waals surface area contributed by atoms with Crippen molar-refractivity contribution in [3.63, 3.8) is 0 Å². The van der Waals surface area contributed by atoms with Crippen LogP contribution in [0.1, 0.15) is 5.56 Å². The molecule has 3 heteroatoms. The smallest absolute Gasteiger partial charge is 0.120 e. The lowest BCUT2D eigenvalue weighted by atomic mass is 10.1. The Morgan fingerprint density at radius 3 is 2.88 bits per heavy atom. The molecular weight excluding hydrogens is 218 g/mol. The van der Waals surface area contributed by atoms with E-state index in [4.69, 9.17) is 0 Å². The Morgan fingerprint density at radius 2 is 2.12 bits per heavy atom. The van der Waals surface area contributed by atoms with Crippen LogP contribution in [0.15, 0.2) is 35.0 Å². The van der Waals surface area contributed by atoms with Gasteiger partial charge in [-0.15, -0.1) is 0 Å². The number of nitrogens with one attached hydrogen (secondary N) is 1. The van der Waals surface area contributed by atoms with Crippen LogP contribution in [0.2, 0.25) is 0 Å². The van der Waals surface area contributed by atoms with Crippen LogP contribution in [0, 0.1) is 6.92 Å². The van der Waals surface area contributed by atoms with Crippen molar-refractivity contribution in [1.82, 2.24) is 4.98 Å². The van der Waals surface area contributed by atoms with Crippen LogP contribution in [0.25, 0.3) is 22.2 Å². The van der Waals surface area contributed by atoms with Gasteiger partial charge in [0.1, 0.15) is 5.75 Å². The Hall–Kier alpha value is -1.74. The van der Waals surface area contributed by atoms with Crippen LogP contribution in [0.4, 0.5) is 0 Å². The number of hydrogen-bond acceptors (Lipinski definition) is 2. The summed E-state index contributed by atoms with van der Waals surface area (Å²) in [5, 5.41) is 14.9. The number of thiophene rings is 1. The van der Waals surface area contributed by atoms with Crippen LogP contribution in [-0.4, -0.2) is 10.1 Å². The van der Waals surface area contributed by atoms with Crippen LogP contribution in [0.5, 0.6) is 5.75 Å². The average Bonchev–Trinajstić information content (AvgIpc) is 2.86. The number of hydrogen-bond donors (Lipinski definition) is 2. The summed E-state index contributed by atoms with van der Waals surface area (Å²) in [6.45, 7) is 1.91. The van der Waals surface area contributed by atoms with Crippen molar-refractivity contribution in [2.24, 2.45) is 0 Å². The first-order valence-electron chi connectivity index (χ1n) is 5.09. The molecule has 0 radical (unpaired) electrons. The van der Waals surface area contributed by atoms with Crippen molar-refractivity contribution in [2.75, 3.05) is 0 Å². The Morgan fingerprint density at radius 1 is 1.25 bits per heavy atom. The molecule has 0 unspecified atom stereocenters. The highest BCUT2D eigenvalue weighted by molar-refractivity contribution is 7.08. The maximum absolute atomic E-state index is 9.64. The van der Waals surface area contributed by atoms with E-state index in [1.165, 1.54) is 5.56 Å². The number of phenolic OH excluding ortho intramolecular Hbond substituents is 1. The molecule has 3 rings (SSSR count). The molecule has 2 heterocycles. The van der Waals surface area contributed by atoms with Crippen molar-refractivity contribution in [3.05, 3.63) is 40.6 Å². The molecule has 0 amide bonds. The molecule has 0 aliphatic carbocycles. The minimum atomic E-state index is 0.339. The summed E-state index contributed by atoms with van der Waals surface area (Å²) < 4.78 is 0. The van der Waals surface area contributed by atoms with Crippen molar-refractivity contribution in [1.29, 1.82) is 0 Å². The highest BCUT2D eigenvalue weighted by atomic mass is 32.1. The van der Waals surface area contributed by atoms with Crippen molar-refractivity contribution >= 4 is 22.2 Å². The average molecular weight is 229 g/mol. The number of aromatic amines is 1. The fraction of sp³-hybridized carbons (Fsp3) is 0.0769. The highest BCUT2D eigenvalue weighted by Gasteiger charge is 2.05. The van der Waals surface area contributed by atoms with Gasteiger partial charge in [0.05, 0.1) is 0 Å². The molecule has 0 aliphatic heterocycles. The van der Waals surface area contributed by atoms with E-state index in [1.54, 1.807) is 17.4 Å². The van der Waals surface area contributed by atoms with Gasteiger partial charge in [-0.05, 0) is 36.1 Å². The molecule has 80 valence electrons. The Bertz CT molecular complexity index is 598. The number of aromatic hydroxyl groups is 1. The number of aromatic nitrogens is 1. The molecular formula is C13H11NOS. The Kier molecular flexibility index (Phi) is 2.01. The van der Waals surface area contributed by atoms with Gasteiger partial charge in [-0.2, -0.15) is 11.3 Å². The fourth-order valence-electron chi connectivity index (χ4n) is 1.86. The molecule has 0 bridgehead atoms. The van der Waals surface area contributed by atoms with Gasteiger partial charge < -0.3 is 10.1 Å². The molecule has 0 saturated carbocycles. The number of H-pyrrole nitrogens is 1. The van der Waals surface area contributed by atoms with E-state index in [2.05, 4.69) is 27.9 Å². The van der Waals surface area contributed by atoms with E-state index in [0.717, 1.165) is 22.2 Å². The van der Waals surface area contributed by atoms with Gasteiger partial charge in [0.15, 0.2) is 0 Å². The zero-order valence-electron chi connectivity index (χ0n) is 8.82. The molecule has 2 N–H and O–H groups in total. The van der Waals surface area contributed by atoms with Gasteiger partial charge in [0, 0.05) is 33.6 Å². The molecule has 0 saturated heterocycles. The molecule has 1 aromatic carbocycles. The van der Waals surface area contributed by atoms with Crippen LogP contribution in [0.3, 0.4) is 0 Å². The first-order chi connectivity index (χ1) is 7.74. The molecule has 3 aromatic rings. The normalized spacial score (nSPS) is 11.1. The molecule has 2 nitrogen and oxygen atoms in total. The Labute approximate surface area is 97.2 Å². The standard InChI is InChI=1S/C13H11NOS/c1-8-4-10-5-11(9-2-3-16-7-9)14-12(10)6-13(8)15/h2-7,14-15H,1H3. The largest absolute Gasteiger partial charge is 0.508 e. The minimum absolute atomic E-state index is 0.339. The lowest BCUT2D eigenvalue weighted by Crippen LogP contribution is -1.74. The summed E-state index contributed by atoms with van der Waals surface area (Å²) in [6, 6.07) is 7.98. The molecule has 16 heavy (non-hydrogen) atoms. The predicted octanol–water partition coefficient (Wildman–Crippen LogP) is 3.91. The maximum Gasteiger partial charge on any atom is 0.120 e. The monoisotopic (exact) mass is 229 g/mol. The molecule has 0 fully saturated rings. The number of benzene rings is 1. The van der Waals surface area contributed by atoms with E-state index < -0.39 is 0 Å². The summed E-state index contributed by atoms with van der Waals surface area (Å²) in [4.78, 5) is 3.31. The minimum Gasteiger partial charge on any atom is -0.508 e. The van der Waals surface area contributed by atoms with Crippen LogP contribution < -0.4 is 0 Å². The van der Waals surface area contributed by atoms with Crippen LogP contribution >= 0.6 is 11.3 Å². The third kappa shape index (κ3) is 1.41. The molecule has 0 spiro atoms. The van der Waals surface area contributed by atoms with Gasteiger partial charge in [-0.3, -0.25) is 0 Å². The predicted molar refractivity (Wildman–Crippen MR) is 68.0 cm³/mol. The lowest BCUT2D eigenvalue weighted by molar-refractivity contribution is 0.472. The highest BCUT2D eigenvalue weighted by Crippen LogP contribution is 2.29. The van der Waals surface area contributed by atoms with Gasteiger partial charge in [-0.1, -0.05) is 0 Å². The third-order valence-electron chi connectivity index (χ3n) is 2.77. The molecule has 0 atom stereocenters. The van der Waals surface area contributed by atoms with E-state index in [0.29, 0.717) is 5.75 Å². The van der Waals surface area contributed by atoms with Gasteiger partial charge in [0.25, 0.3) is 0 Å². The van der Waals surface area contributed by atoms with E-state index in [9.17, 15) is 5.11 Å². The van der Waals surface area contributed by atoms with Crippen molar-refractivity contribution in [2.45, 2.75) is 6.92 Å². The summed E-state index contributed by atoms with van der Waals surface area (Å²) >= 11 is 1.68. The SMILES string of the molecule is Cc1cc2cc(-c3ccsc3)[nH]c2cc1O. The zero-order chi connectivity index (χ0) is 11.1. The van der Waals surface area contributed by atoms with Gasteiger partial charge in [0.2, 0.25) is 0 Å². The summed E-state index contributed by atoms with van der Waals surface area (Å²) in [7, 11) is 0. The summed E-state index contributed by atoms with van der Waals surface area (Å²) in [5.41, 5.74) is 4.17. The second-order valence-corrected chi connectivity index (χ2v) is 4.70. The Balaban J connectivity index is 2.23. The maximum atomic E-state index is 9.64. The van der Waals surface area contributed by atoms with Crippen LogP contribution in [-0.2, 0) is 0 Å². The van der Waals surface area contributed by atoms with Gasteiger partial charge in [-0.25, -0.2) is 0 Å². The second kappa shape index (κ2) is 3.39. The number of rotatable bonds is 1. The van der Waals surface area contributed by atoms with E-state index >= 15 is 0 Å². The lowest BCUT2D eigenvalue weighted by Gasteiger charge is -1.97. The van der Waals surface area contributed by atoms with Crippen molar-refractivity contribution < 1.29 is 5.11 Å². The number of phenols is 1. The topological polar surface area (TPSA) is 36.0 Å². The van der Waals surface area contributed by atoms with Gasteiger partial charge >= 0.3 is 0 Å². The first kappa shape index (κ1) is 9.48. The van der Waals surface area contributed by atoms with E-state index in [1.807, 2.05) is 13.0 Å². The first-order valence-corrected chi connectivity index (χ1v) is 6.03.